The third-order valence-electron chi connectivity index (χ3n) is 2.73. The summed E-state index contributed by atoms with van der Waals surface area (Å²) in [6.45, 7) is 1.89. The highest BCUT2D eigenvalue weighted by Crippen LogP contribution is 2.29. The first kappa shape index (κ1) is 11.3. The molecule has 0 saturated carbocycles. The Kier molecular flexibility index (Phi) is 2.45. The summed E-state index contributed by atoms with van der Waals surface area (Å²) in [5, 5.41) is 6.17. The third kappa shape index (κ3) is 1.90. The van der Waals surface area contributed by atoms with Crippen molar-refractivity contribution < 1.29 is 4.74 Å². The maximum Gasteiger partial charge on any atom is 0.348 e. The summed E-state index contributed by atoms with van der Waals surface area (Å²) in [4.78, 5) is 15.3. The van der Waals surface area contributed by atoms with Gasteiger partial charge in [0.1, 0.15) is 6.33 Å². The molecule has 0 aliphatic carbocycles. The Bertz CT molecular complexity index is 785. The molecule has 0 aliphatic heterocycles. The molecule has 1 aromatic carbocycles. The zero-order chi connectivity index (χ0) is 13.4. The lowest BCUT2D eigenvalue weighted by Gasteiger charge is -2.09. The normalized spacial score (nSPS) is 10.8. The van der Waals surface area contributed by atoms with E-state index >= 15 is 0 Å². The van der Waals surface area contributed by atoms with Crippen molar-refractivity contribution in [2.24, 2.45) is 0 Å². The van der Waals surface area contributed by atoms with E-state index in [1.807, 2.05) is 19.1 Å². The van der Waals surface area contributed by atoms with Crippen LogP contribution in [0.4, 0.5) is 5.69 Å². The fraction of sp³-hybridized carbons (Fsp3) is 0.0833. The number of H-pyrrole nitrogens is 1. The molecule has 3 aromatic rings. The Morgan fingerprint density at radius 3 is 3.05 bits per heavy atom. The molecule has 0 atom stereocenters. The summed E-state index contributed by atoms with van der Waals surface area (Å²) < 4.78 is 6.94. The molecule has 2 heterocycles. The van der Waals surface area contributed by atoms with Gasteiger partial charge < -0.3 is 10.5 Å². The Morgan fingerprint density at radius 2 is 2.26 bits per heavy atom. The number of hydrogen-bond donors (Lipinski definition) is 2. The molecule has 7 nitrogen and oxygen atoms in total. The highest BCUT2D eigenvalue weighted by atomic mass is 16.5. The maximum absolute atomic E-state index is 11.3. The van der Waals surface area contributed by atoms with E-state index in [4.69, 9.17) is 10.5 Å². The number of aromatic nitrogens is 4. The lowest BCUT2D eigenvalue weighted by Crippen LogP contribution is -2.09. The second-order valence-corrected chi connectivity index (χ2v) is 4.08. The van der Waals surface area contributed by atoms with E-state index in [1.165, 1.54) is 10.7 Å². The third-order valence-corrected chi connectivity index (χ3v) is 2.73. The number of nitrogens with zero attached hydrogens (tertiary/aromatic N) is 3. The molecule has 0 unspecified atom stereocenters. The van der Waals surface area contributed by atoms with Gasteiger partial charge in [-0.25, -0.2) is 19.3 Å². The minimum Gasteiger partial charge on any atom is -0.436 e. The number of ether oxygens (including phenoxy) is 1. The van der Waals surface area contributed by atoms with Gasteiger partial charge in [0.2, 0.25) is 5.88 Å². The van der Waals surface area contributed by atoms with Crippen LogP contribution in [-0.4, -0.2) is 19.6 Å². The second-order valence-electron chi connectivity index (χ2n) is 4.08. The fourth-order valence-electron chi connectivity index (χ4n) is 1.77. The first-order valence-corrected chi connectivity index (χ1v) is 5.61. The number of nitrogen functional groups attached to an aromatic ring is 1. The largest absolute Gasteiger partial charge is 0.436 e. The molecule has 3 N–H and O–H groups in total. The zero-order valence-corrected chi connectivity index (χ0v) is 10.1. The Labute approximate surface area is 107 Å². The number of rotatable bonds is 2. The molecule has 0 aliphatic rings. The van der Waals surface area contributed by atoms with Gasteiger partial charge in [0.05, 0.1) is 5.69 Å². The van der Waals surface area contributed by atoms with E-state index in [-0.39, 0.29) is 5.69 Å². The minimum absolute atomic E-state index is 0.326. The van der Waals surface area contributed by atoms with Crippen LogP contribution in [0.5, 0.6) is 11.6 Å². The lowest BCUT2D eigenvalue weighted by atomic mass is 10.2. The molecular formula is C12H11N5O2. The molecule has 0 saturated heterocycles. The van der Waals surface area contributed by atoms with Crippen molar-refractivity contribution in [1.29, 1.82) is 0 Å². The van der Waals surface area contributed by atoms with Crippen molar-refractivity contribution in [3.05, 3.63) is 46.6 Å². The number of nitrogens with one attached hydrogen (secondary N) is 1. The van der Waals surface area contributed by atoms with E-state index < -0.39 is 0 Å². The van der Waals surface area contributed by atoms with Crippen LogP contribution in [-0.2, 0) is 0 Å². The molecule has 2 aromatic heterocycles. The van der Waals surface area contributed by atoms with Crippen LogP contribution < -0.4 is 16.2 Å². The predicted octanol–water partition coefficient (Wildman–Crippen LogP) is 1.10. The monoisotopic (exact) mass is 257 g/mol. The van der Waals surface area contributed by atoms with E-state index in [1.54, 1.807) is 12.1 Å². The Morgan fingerprint density at radius 1 is 1.42 bits per heavy atom. The number of hydrogen-bond acceptors (Lipinski definition) is 5. The quantitative estimate of drug-likeness (QED) is 0.670. The van der Waals surface area contributed by atoms with Gasteiger partial charge in [0.15, 0.2) is 11.4 Å². The molecule has 0 spiro atoms. The van der Waals surface area contributed by atoms with Crippen molar-refractivity contribution in [3.63, 3.8) is 0 Å². The molecule has 7 heteroatoms. The first-order chi connectivity index (χ1) is 9.15. The van der Waals surface area contributed by atoms with Crippen LogP contribution in [0.1, 0.15) is 5.56 Å². The second kappa shape index (κ2) is 4.13. The van der Waals surface area contributed by atoms with Crippen molar-refractivity contribution in [2.75, 3.05) is 5.73 Å². The molecule has 0 fully saturated rings. The number of aromatic amines is 1. The molecule has 3 rings (SSSR count). The number of nitrogens with two attached hydrogens (primary N) is 1. The summed E-state index contributed by atoms with van der Waals surface area (Å²) >= 11 is 0. The van der Waals surface area contributed by atoms with Crippen molar-refractivity contribution >= 4 is 11.3 Å². The molecule has 96 valence electrons. The number of aryl methyl sites for hydroxylation is 1. The van der Waals surface area contributed by atoms with E-state index in [0.717, 1.165) is 5.56 Å². The molecule has 19 heavy (non-hydrogen) atoms. The standard InChI is InChI=1S/C12H11N5O2/c1-7-3-2-4-8(13)11(7)19-10-5-9-15-16-12(18)17(9)6-14-10/h2-6H,13H2,1H3,(H,16,18). The summed E-state index contributed by atoms with van der Waals surface area (Å²) in [5.74, 6) is 0.879. The fourth-order valence-corrected chi connectivity index (χ4v) is 1.77. The number of para-hydroxylation sites is 1. The minimum atomic E-state index is -0.343. The average Bonchev–Trinajstić information content (AvgIpc) is 2.76. The first-order valence-electron chi connectivity index (χ1n) is 5.61. The zero-order valence-electron chi connectivity index (χ0n) is 10.1. The smallest absolute Gasteiger partial charge is 0.348 e. The summed E-state index contributed by atoms with van der Waals surface area (Å²) in [7, 11) is 0. The van der Waals surface area contributed by atoms with Gasteiger partial charge in [-0.05, 0) is 18.6 Å². The van der Waals surface area contributed by atoms with Gasteiger partial charge >= 0.3 is 5.69 Å². The van der Waals surface area contributed by atoms with Crippen LogP contribution >= 0.6 is 0 Å². The van der Waals surface area contributed by atoms with Crippen LogP contribution in [0.15, 0.2) is 35.4 Å². The molecule has 0 radical (unpaired) electrons. The highest BCUT2D eigenvalue weighted by Gasteiger charge is 2.08. The average molecular weight is 257 g/mol. The summed E-state index contributed by atoms with van der Waals surface area (Å²) in [6.07, 6.45) is 1.35. The maximum atomic E-state index is 11.3. The lowest BCUT2D eigenvalue weighted by molar-refractivity contribution is 0.460. The van der Waals surface area contributed by atoms with Gasteiger partial charge in [-0.1, -0.05) is 12.1 Å². The van der Waals surface area contributed by atoms with Crippen molar-refractivity contribution in [3.8, 4) is 11.6 Å². The SMILES string of the molecule is Cc1cccc(N)c1Oc1cc2n[nH]c(=O)n2cn1. The van der Waals surface area contributed by atoms with Crippen LogP contribution in [0.3, 0.4) is 0 Å². The van der Waals surface area contributed by atoms with Gasteiger partial charge in [0, 0.05) is 6.07 Å². The topological polar surface area (TPSA) is 98.3 Å². The Hall–Kier alpha value is -2.83. The van der Waals surface area contributed by atoms with Crippen molar-refractivity contribution in [2.45, 2.75) is 6.92 Å². The summed E-state index contributed by atoms with van der Waals surface area (Å²) in [6, 6.07) is 7.05. The number of anilines is 1. The number of fused-ring (bicyclic) bond motifs is 1. The van der Waals surface area contributed by atoms with Crippen LogP contribution in [0.2, 0.25) is 0 Å². The van der Waals surface area contributed by atoms with E-state index in [0.29, 0.717) is 23.0 Å². The van der Waals surface area contributed by atoms with Gasteiger partial charge in [-0.15, -0.1) is 0 Å². The van der Waals surface area contributed by atoms with E-state index in [9.17, 15) is 4.79 Å². The molecule has 0 amide bonds. The highest BCUT2D eigenvalue weighted by molar-refractivity contribution is 5.57. The van der Waals surface area contributed by atoms with Gasteiger partial charge in [-0.3, -0.25) is 0 Å². The van der Waals surface area contributed by atoms with Gasteiger partial charge in [0.25, 0.3) is 0 Å². The Balaban J connectivity index is 2.03. The van der Waals surface area contributed by atoms with Crippen LogP contribution in [0, 0.1) is 6.92 Å². The summed E-state index contributed by atoms with van der Waals surface area (Å²) in [5.41, 5.74) is 7.38. The molecule has 0 bridgehead atoms. The number of benzene rings is 1. The van der Waals surface area contributed by atoms with Gasteiger partial charge in [-0.2, -0.15) is 5.10 Å². The van der Waals surface area contributed by atoms with Crippen LogP contribution in [0.25, 0.3) is 5.65 Å². The van der Waals surface area contributed by atoms with Crippen molar-refractivity contribution in [1.82, 2.24) is 19.6 Å². The van der Waals surface area contributed by atoms with E-state index in [2.05, 4.69) is 15.2 Å². The predicted molar refractivity (Wildman–Crippen MR) is 69.3 cm³/mol. The molecular weight excluding hydrogens is 246 g/mol.